The summed E-state index contributed by atoms with van der Waals surface area (Å²) in [5.74, 6) is 0.551. The summed E-state index contributed by atoms with van der Waals surface area (Å²) < 4.78 is 0. The zero-order valence-electron chi connectivity index (χ0n) is 17.5. The lowest BCUT2D eigenvalue weighted by Crippen LogP contribution is -2.29. The van der Waals surface area contributed by atoms with Gasteiger partial charge in [-0.05, 0) is 46.2 Å². The van der Waals surface area contributed by atoms with E-state index in [1.807, 2.05) is 4.90 Å². The maximum atomic E-state index is 12.7. The lowest BCUT2D eigenvalue weighted by atomic mass is 9.88. The van der Waals surface area contributed by atoms with Crippen molar-refractivity contribution < 1.29 is 9.90 Å². The van der Waals surface area contributed by atoms with Crippen molar-refractivity contribution in [1.82, 2.24) is 14.9 Å². The quantitative estimate of drug-likeness (QED) is 0.689. The molecule has 0 radical (unpaired) electrons. The van der Waals surface area contributed by atoms with Crippen LogP contribution in [0.2, 0.25) is 0 Å². The van der Waals surface area contributed by atoms with Gasteiger partial charge < -0.3 is 10.0 Å². The van der Waals surface area contributed by atoms with Gasteiger partial charge in [-0.1, -0.05) is 50.2 Å². The molecule has 1 N–H and O–H groups in total. The van der Waals surface area contributed by atoms with Gasteiger partial charge in [-0.2, -0.15) is 0 Å². The number of rotatable bonds is 5. The summed E-state index contributed by atoms with van der Waals surface area (Å²) in [4.78, 5) is 22.6. The van der Waals surface area contributed by atoms with Crippen LogP contribution in [0.1, 0.15) is 59.3 Å². The SMILES string of the molecule is CC(C)c1ccccc1-c1ccc(C2CCN(C(=O)c3cnccn3)C2)c(CO)c1. The van der Waals surface area contributed by atoms with Crippen molar-refractivity contribution in [3.8, 4) is 11.1 Å². The Morgan fingerprint density at radius 3 is 2.77 bits per heavy atom. The van der Waals surface area contributed by atoms with Crippen LogP contribution in [0, 0.1) is 0 Å². The molecule has 0 saturated carbocycles. The highest BCUT2D eigenvalue weighted by molar-refractivity contribution is 5.92. The first-order chi connectivity index (χ1) is 14.6. The second-order valence-electron chi connectivity index (χ2n) is 8.14. The molecule has 0 aliphatic carbocycles. The monoisotopic (exact) mass is 401 g/mol. The van der Waals surface area contributed by atoms with Gasteiger partial charge in [0.25, 0.3) is 5.91 Å². The van der Waals surface area contributed by atoms with Crippen LogP contribution in [0.5, 0.6) is 0 Å². The highest BCUT2D eigenvalue weighted by Gasteiger charge is 2.30. The van der Waals surface area contributed by atoms with E-state index in [2.05, 4.69) is 66.3 Å². The van der Waals surface area contributed by atoms with Crippen LogP contribution < -0.4 is 0 Å². The van der Waals surface area contributed by atoms with Crippen LogP contribution in [0.3, 0.4) is 0 Å². The van der Waals surface area contributed by atoms with Crippen LogP contribution in [-0.2, 0) is 6.61 Å². The van der Waals surface area contributed by atoms with Gasteiger partial charge in [0.15, 0.2) is 0 Å². The number of hydrogen-bond donors (Lipinski definition) is 1. The molecule has 1 atom stereocenters. The molecule has 30 heavy (non-hydrogen) atoms. The number of aliphatic hydroxyl groups is 1. The van der Waals surface area contributed by atoms with Gasteiger partial charge in [0.05, 0.1) is 12.8 Å². The third-order valence-corrected chi connectivity index (χ3v) is 5.90. The molecule has 0 bridgehead atoms. The highest BCUT2D eigenvalue weighted by Crippen LogP contribution is 2.35. The Kier molecular flexibility index (Phi) is 5.91. The Hall–Kier alpha value is -3.05. The first-order valence-corrected chi connectivity index (χ1v) is 10.5. The van der Waals surface area contributed by atoms with Crippen LogP contribution >= 0.6 is 0 Å². The van der Waals surface area contributed by atoms with E-state index in [0.717, 1.165) is 23.1 Å². The fourth-order valence-electron chi connectivity index (χ4n) is 4.34. The minimum absolute atomic E-state index is 0.0123. The lowest BCUT2D eigenvalue weighted by molar-refractivity contribution is 0.0784. The number of carbonyl (C=O) groups is 1. The molecular weight excluding hydrogens is 374 g/mol. The summed E-state index contributed by atoms with van der Waals surface area (Å²) in [7, 11) is 0. The van der Waals surface area contributed by atoms with E-state index in [1.54, 1.807) is 12.4 Å². The molecule has 1 fully saturated rings. The normalized spacial score (nSPS) is 16.3. The number of benzene rings is 2. The number of amides is 1. The van der Waals surface area contributed by atoms with Crippen LogP contribution in [0.15, 0.2) is 61.1 Å². The standard InChI is InChI=1S/C25H27N3O2/c1-17(2)21-5-3-4-6-23(21)18-7-8-22(20(13-18)16-29)19-9-12-28(15-19)25(30)24-14-26-10-11-27-24/h3-8,10-11,13-14,17,19,29H,9,12,15-16H2,1-2H3. The molecule has 2 heterocycles. The smallest absolute Gasteiger partial charge is 0.274 e. The molecule has 1 unspecified atom stereocenters. The molecule has 0 spiro atoms. The Morgan fingerprint density at radius 1 is 1.20 bits per heavy atom. The van der Waals surface area contributed by atoms with E-state index < -0.39 is 0 Å². The molecule has 1 saturated heterocycles. The Bertz CT molecular complexity index is 1030. The van der Waals surface area contributed by atoms with Crippen molar-refractivity contribution in [1.29, 1.82) is 0 Å². The zero-order chi connectivity index (χ0) is 21.1. The molecule has 5 heteroatoms. The predicted octanol–water partition coefficient (Wildman–Crippen LogP) is 4.39. The summed E-state index contributed by atoms with van der Waals surface area (Å²) in [5, 5.41) is 10.1. The van der Waals surface area contributed by atoms with Crippen molar-refractivity contribution in [3.05, 3.63) is 83.4 Å². The number of nitrogens with zero attached hydrogens (tertiary/aromatic N) is 3. The second kappa shape index (κ2) is 8.76. The van der Waals surface area contributed by atoms with Gasteiger partial charge in [-0.15, -0.1) is 0 Å². The molecule has 154 valence electrons. The zero-order valence-corrected chi connectivity index (χ0v) is 17.5. The van der Waals surface area contributed by atoms with E-state index in [0.29, 0.717) is 24.7 Å². The molecule has 2 aromatic carbocycles. The topological polar surface area (TPSA) is 66.3 Å². The van der Waals surface area contributed by atoms with Crippen molar-refractivity contribution in [2.75, 3.05) is 13.1 Å². The number of likely N-dealkylation sites (tertiary alicyclic amines) is 1. The largest absolute Gasteiger partial charge is 0.392 e. The highest BCUT2D eigenvalue weighted by atomic mass is 16.3. The maximum absolute atomic E-state index is 12.7. The fraction of sp³-hybridized carbons (Fsp3) is 0.320. The van der Waals surface area contributed by atoms with Gasteiger partial charge in [0, 0.05) is 31.4 Å². The number of carbonyl (C=O) groups excluding carboxylic acids is 1. The number of hydrogen-bond acceptors (Lipinski definition) is 4. The molecule has 3 aromatic rings. The third-order valence-electron chi connectivity index (χ3n) is 5.90. The minimum Gasteiger partial charge on any atom is -0.392 e. The van der Waals surface area contributed by atoms with Crippen LogP contribution in [-0.4, -0.2) is 39.0 Å². The van der Waals surface area contributed by atoms with Crippen molar-refractivity contribution in [2.24, 2.45) is 0 Å². The van der Waals surface area contributed by atoms with E-state index in [4.69, 9.17) is 0 Å². The molecule has 1 aliphatic heterocycles. The summed E-state index contributed by atoms with van der Waals surface area (Å²) in [6.45, 7) is 5.69. The van der Waals surface area contributed by atoms with Gasteiger partial charge in [-0.3, -0.25) is 9.78 Å². The minimum atomic E-state index is -0.0846. The van der Waals surface area contributed by atoms with E-state index in [-0.39, 0.29) is 18.4 Å². The van der Waals surface area contributed by atoms with E-state index >= 15 is 0 Å². The number of aromatic nitrogens is 2. The van der Waals surface area contributed by atoms with Crippen molar-refractivity contribution >= 4 is 5.91 Å². The third kappa shape index (κ3) is 3.98. The Labute approximate surface area is 177 Å². The first kappa shape index (κ1) is 20.2. The average molecular weight is 402 g/mol. The molecular formula is C25H27N3O2. The predicted molar refractivity (Wildman–Crippen MR) is 117 cm³/mol. The maximum Gasteiger partial charge on any atom is 0.274 e. The van der Waals surface area contributed by atoms with Gasteiger partial charge >= 0.3 is 0 Å². The fourth-order valence-corrected chi connectivity index (χ4v) is 4.34. The van der Waals surface area contributed by atoms with E-state index in [1.165, 1.54) is 17.3 Å². The average Bonchev–Trinajstić information content (AvgIpc) is 3.28. The van der Waals surface area contributed by atoms with Gasteiger partial charge in [0.2, 0.25) is 0 Å². The summed E-state index contributed by atoms with van der Waals surface area (Å²) in [5.41, 5.74) is 6.07. The molecule has 1 amide bonds. The molecule has 5 nitrogen and oxygen atoms in total. The van der Waals surface area contributed by atoms with Crippen LogP contribution in [0.4, 0.5) is 0 Å². The van der Waals surface area contributed by atoms with Gasteiger partial charge in [-0.25, -0.2) is 4.98 Å². The van der Waals surface area contributed by atoms with E-state index in [9.17, 15) is 9.90 Å². The lowest BCUT2D eigenvalue weighted by Gasteiger charge is -2.19. The Balaban J connectivity index is 1.58. The van der Waals surface area contributed by atoms with Gasteiger partial charge in [0.1, 0.15) is 5.69 Å². The van der Waals surface area contributed by atoms with Crippen molar-refractivity contribution in [2.45, 2.75) is 38.7 Å². The Morgan fingerprint density at radius 2 is 2.03 bits per heavy atom. The molecule has 1 aromatic heterocycles. The number of aliphatic hydroxyl groups excluding tert-OH is 1. The van der Waals surface area contributed by atoms with Crippen molar-refractivity contribution in [3.63, 3.8) is 0 Å². The molecule has 1 aliphatic rings. The summed E-state index contributed by atoms with van der Waals surface area (Å²) in [6.07, 6.45) is 5.49. The molecule has 4 rings (SSSR count). The summed E-state index contributed by atoms with van der Waals surface area (Å²) >= 11 is 0. The first-order valence-electron chi connectivity index (χ1n) is 10.5. The summed E-state index contributed by atoms with van der Waals surface area (Å²) in [6, 6.07) is 14.8. The van der Waals surface area contributed by atoms with Crippen LogP contribution in [0.25, 0.3) is 11.1 Å². The second-order valence-corrected chi connectivity index (χ2v) is 8.14.